The van der Waals surface area contributed by atoms with Crippen LogP contribution >= 0.6 is 0 Å². The molecule has 0 atom stereocenters. The maximum Gasteiger partial charge on any atom is 0.142 e. The number of anilines is 2. The average Bonchev–Trinajstić information content (AvgIpc) is 3.48. The Balaban J connectivity index is 1.50. The first kappa shape index (κ1) is 31.9. The lowest BCUT2D eigenvalue weighted by Gasteiger charge is -2.35. The van der Waals surface area contributed by atoms with Gasteiger partial charge in [0.15, 0.2) is 0 Å². The van der Waals surface area contributed by atoms with Crippen LogP contribution in [0.3, 0.4) is 0 Å². The van der Waals surface area contributed by atoms with Gasteiger partial charge in [0.2, 0.25) is 0 Å². The van der Waals surface area contributed by atoms with Crippen LogP contribution in [0.4, 0.5) is 11.4 Å². The Morgan fingerprint density at radius 1 is 0.451 bits per heavy atom. The second-order valence-electron chi connectivity index (χ2n) is 11.8. The topological polar surface area (TPSA) is 111 Å². The number of hydrogen-bond acceptors (Lipinski definition) is 6. The van der Waals surface area contributed by atoms with Gasteiger partial charge in [0, 0.05) is 45.5 Å². The number of rotatable bonds is 6. The Bertz CT molecular complexity index is 2380. The molecule has 0 spiro atoms. The number of phenols is 2. The summed E-state index contributed by atoms with van der Waals surface area (Å²) in [5.41, 5.74) is 18.0. The van der Waals surface area contributed by atoms with Crippen LogP contribution in [-0.4, -0.2) is 10.2 Å². The maximum absolute atomic E-state index is 10.1. The van der Waals surface area contributed by atoms with Gasteiger partial charge < -0.3 is 31.2 Å². The van der Waals surface area contributed by atoms with Crippen LogP contribution in [0.5, 0.6) is 34.5 Å². The largest absolute Gasteiger partial charge is 0.506 e. The second-order valence-corrected chi connectivity index (χ2v) is 11.8. The molecule has 6 aromatic rings. The van der Waals surface area contributed by atoms with Crippen molar-refractivity contribution in [3.05, 3.63) is 154 Å². The lowest BCUT2D eigenvalue weighted by molar-refractivity contribution is 0.456. The molecule has 0 amide bonds. The van der Waals surface area contributed by atoms with Gasteiger partial charge in [-0.3, -0.25) is 0 Å². The molecule has 7 rings (SSSR count). The molecule has 6 nitrogen and oxygen atoms in total. The summed E-state index contributed by atoms with van der Waals surface area (Å²) in [6, 6.07) is 31.8. The number of nitrogens with two attached hydrogens (primary N) is 2. The maximum atomic E-state index is 10.1. The Labute approximate surface area is 295 Å². The number of hydrogen-bond donors (Lipinski definition) is 4. The molecule has 0 saturated carbocycles. The number of fused-ring (bicyclic) bond motifs is 3. The zero-order valence-corrected chi connectivity index (χ0v) is 27.1. The number of phenolic OH excluding ortho intramolecular Hbond substituents is 2. The fourth-order valence-electron chi connectivity index (χ4n) is 6.85. The van der Waals surface area contributed by atoms with Gasteiger partial charge in [-0.2, -0.15) is 0 Å². The van der Waals surface area contributed by atoms with Crippen molar-refractivity contribution in [3.63, 3.8) is 0 Å². The van der Waals surface area contributed by atoms with Gasteiger partial charge in [-0.1, -0.05) is 47.9 Å². The summed E-state index contributed by atoms with van der Waals surface area (Å²) >= 11 is 0. The number of aromatic hydroxyl groups is 2. The summed E-state index contributed by atoms with van der Waals surface area (Å²) in [6.45, 7) is 0. The summed E-state index contributed by atoms with van der Waals surface area (Å²) in [5, 5.41) is 20.3. The monoisotopic (exact) mass is 660 g/mol. The zero-order chi connectivity index (χ0) is 35.9. The van der Waals surface area contributed by atoms with Gasteiger partial charge in [0.05, 0.1) is 16.8 Å². The summed E-state index contributed by atoms with van der Waals surface area (Å²) in [7, 11) is 0. The molecule has 242 valence electrons. The lowest BCUT2D eigenvalue weighted by Crippen LogP contribution is -2.30. The van der Waals surface area contributed by atoms with Crippen molar-refractivity contribution < 1.29 is 19.7 Å². The first-order chi connectivity index (χ1) is 24.7. The molecule has 0 saturated heterocycles. The molecule has 0 fully saturated rings. The van der Waals surface area contributed by atoms with Crippen LogP contribution in [0.25, 0.3) is 11.1 Å². The molecule has 0 aromatic heterocycles. The fourth-order valence-corrected chi connectivity index (χ4v) is 6.85. The first-order valence-corrected chi connectivity index (χ1v) is 15.7. The van der Waals surface area contributed by atoms with E-state index in [1.165, 1.54) is 12.1 Å². The number of terminal acetylenes is 4. The van der Waals surface area contributed by atoms with E-state index < -0.39 is 5.41 Å². The summed E-state index contributed by atoms with van der Waals surface area (Å²) in [5.74, 6) is 13.2. The molecular formula is C45H28N2O4. The van der Waals surface area contributed by atoms with E-state index in [0.29, 0.717) is 45.3 Å². The van der Waals surface area contributed by atoms with Crippen LogP contribution in [0.1, 0.15) is 44.5 Å². The molecule has 0 unspecified atom stereocenters. The van der Waals surface area contributed by atoms with E-state index in [4.69, 9.17) is 46.6 Å². The lowest BCUT2D eigenvalue weighted by atomic mass is 9.65. The van der Waals surface area contributed by atoms with Crippen molar-refractivity contribution >= 4 is 11.4 Å². The van der Waals surface area contributed by atoms with E-state index in [-0.39, 0.29) is 22.9 Å². The van der Waals surface area contributed by atoms with Crippen molar-refractivity contribution in [2.24, 2.45) is 0 Å². The van der Waals surface area contributed by atoms with Gasteiger partial charge in [-0.15, -0.1) is 25.7 Å². The summed E-state index contributed by atoms with van der Waals surface area (Å²) < 4.78 is 12.2. The third kappa shape index (κ3) is 5.10. The molecule has 51 heavy (non-hydrogen) atoms. The van der Waals surface area contributed by atoms with Crippen molar-refractivity contribution in [2.75, 3.05) is 11.5 Å². The van der Waals surface area contributed by atoms with Crippen molar-refractivity contribution in [2.45, 2.75) is 5.41 Å². The quantitative estimate of drug-likeness (QED) is 0.0815. The summed E-state index contributed by atoms with van der Waals surface area (Å²) in [6.07, 6.45) is 24.8. The van der Waals surface area contributed by atoms with Crippen molar-refractivity contribution in [1.29, 1.82) is 0 Å². The third-order valence-electron chi connectivity index (χ3n) is 9.08. The number of benzene rings is 6. The van der Waals surface area contributed by atoms with Crippen LogP contribution in [-0.2, 0) is 5.41 Å². The van der Waals surface area contributed by atoms with E-state index >= 15 is 0 Å². The number of ether oxygens (including phenoxy) is 2. The normalized spacial score (nSPS) is 11.9. The van der Waals surface area contributed by atoms with Crippen molar-refractivity contribution in [1.82, 2.24) is 0 Å². The fraction of sp³-hybridized carbons (Fsp3) is 0.0222. The SMILES string of the molecule is C#Cc1ccc(C#C)c2c1-c1c(C#C)ccc(C#C)c1C2(c1ccc(Oc2ccc(N)c(O)c2)cc1)c1ccc(Oc2ccc(N)c(O)c2)cc1. The van der Waals surface area contributed by atoms with Gasteiger partial charge in [0.1, 0.15) is 34.5 Å². The van der Waals surface area contributed by atoms with Crippen LogP contribution in [0, 0.1) is 49.4 Å². The van der Waals surface area contributed by atoms with E-state index in [1.54, 1.807) is 24.3 Å². The van der Waals surface area contributed by atoms with Crippen LogP contribution in [0.15, 0.2) is 109 Å². The highest BCUT2D eigenvalue weighted by Crippen LogP contribution is 2.60. The van der Waals surface area contributed by atoms with E-state index in [2.05, 4.69) is 23.7 Å². The van der Waals surface area contributed by atoms with Crippen molar-refractivity contribution in [3.8, 4) is 95.0 Å². The van der Waals surface area contributed by atoms with Crippen LogP contribution in [0.2, 0.25) is 0 Å². The minimum absolute atomic E-state index is 0.0832. The molecule has 0 bridgehead atoms. The molecule has 0 radical (unpaired) electrons. The van der Waals surface area contributed by atoms with E-state index in [9.17, 15) is 10.2 Å². The Hall–Kier alpha value is -7.64. The molecular weight excluding hydrogens is 633 g/mol. The third-order valence-corrected chi connectivity index (χ3v) is 9.08. The smallest absolute Gasteiger partial charge is 0.142 e. The van der Waals surface area contributed by atoms with E-state index in [1.807, 2.05) is 72.8 Å². The first-order valence-electron chi connectivity index (χ1n) is 15.7. The standard InChI is InChI=1S/C45H28N2O4/c1-5-27-9-11-29(7-3)43-41(27)42-28(6-2)10-12-30(8-4)44(42)45(43,31-13-17-33(18-14-31)50-35-21-23-37(46)39(48)25-35)32-15-19-34(20-16-32)51-36-22-24-38(47)40(49)26-36/h1-4,9-26,48-49H,46-47H2. The van der Waals surface area contributed by atoms with Gasteiger partial charge in [-0.25, -0.2) is 0 Å². The Morgan fingerprint density at radius 2 is 0.784 bits per heavy atom. The minimum Gasteiger partial charge on any atom is -0.506 e. The highest BCUT2D eigenvalue weighted by molar-refractivity contribution is 5.95. The molecule has 6 aromatic carbocycles. The number of nitrogen functional groups attached to an aromatic ring is 2. The Morgan fingerprint density at radius 3 is 1.12 bits per heavy atom. The van der Waals surface area contributed by atoms with Gasteiger partial charge in [0.25, 0.3) is 0 Å². The predicted molar refractivity (Wildman–Crippen MR) is 201 cm³/mol. The second kappa shape index (κ2) is 12.4. The Kier molecular flexibility index (Phi) is 7.78. The molecule has 6 heteroatoms. The zero-order valence-electron chi connectivity index (χ0n) is 27.1. The van der Waals surface area contributed by atoms with Gasteiger partial charge in [-0.05, 0) is 95.1 Å². The molecule has 0 aliphatic heterocycles. The van der Waals surface area contributed by atoms with E-state index in [0.717, 1.165) is 33.4 Å². The van der Waals surface area contributed by atoms with Crippen LogP contribution < -0.4 is 20.9 Å². The highest BCUT2D eigenvalue weighted by Gasteiger charge is 2.50. The molecule has 0 heterocycles. The highest BCUT2D eigenvalue weighted by atomic mass is 16.5. The molecule has 1 aliphatic carbocycles. The van der Waals surface area contributed by atoms with Gasteiger partial charge >= 0.3 is 0 Å². The predicted octanol–water partition coefficient (Wildman–Crippen LogP) is 8.14. The molecule has 1 aliphatic rings. The minimum atomic E-state index is -1.11. The average molecular weight is 661 g/mol. The molecule has 6 N–H and O–H groups in total. The summed E-state index contributed by atoms with van der Waals surface area (Å²) in [4.78, 5) is 0.